The fourth-order valence-electron chi connectivity index (χ4n) is 2.64. The summed E-state index contributed by atoms with van der Waals surface area (Å²) < 4.78 is 10.4. The molecule has 1 amide bonds. The van der Waals surface area contributed by atoms with Crippen LogP contribution in [0.3, 0.4) is 0 Å². The molecule has 5 heteroatoms. The van der Waals surface area contributed by atoms with Crippen LogP contribution in [0.25, 0.3) is 0 Å². The molecule has 1 unspecified atom stereocenters. The van der Waals surface area contributed by atoms with E-state index in [-0.39, 0.29) is 6.09 Å². The number of carbonyl (C=O) groups is 1. The lowest BCUT2D eigenvalue weighted by molar-refractivity contribution is 0.0595. The van der Waals surface area contributed by atoms with Crippen LogP contribution >= 0.6 is 0 Å². The molecule has 0 aromatic heterocycles. The van der Waals surface area contributed by atoms with Crippen LogP contribution in [-0.2, 0) is 9.47 Å². The lowest BCUT2D eigenvalue weighted by atomic mass is 10.0. The molecule has 2 fully saturated rings. The van der Waals surface area contributed by atoms with E-state index in [1.165, 1.54) is 6.42 Å². The number of rotatable bonds is 4. The van der Waals surface area contributed by atoms with Crippen molar-refractivity contribution in [1.29, 1.82) is 0 Å². The van der Waals surface area contributed by atoms with Gasteiger partial charge in [0.05, 0.1) is 13.2 Å². The van der Waals surface area contributed by atoms with Gasteiger partial charge in [0.15, 0.2) is 0 Å². The minimum atomic E-state index is -0.261. The van der Waals surface area contributed by atoms with E-state index in [2.05, 4.69) is 5.32 Å². The Kier molecular flexibility index (Phi) is 4.06. The Morgan fingerprint density at radius 3 is 3.05 bits per heavy atom. The van der Waals surface area contributed by atoms with Gasteiger partial charge in [-0.15, -0.1) is 0 Å². The number of nitrogens with zero attached hydrogens (tertiary/aromatic N) is 1. The number of hydrogen-bond donors (Lipinski definition) is 1. The summed E-state index contributed by atoms with van der Waals surface area (Å²) in [5.41, 5.74) is 1.92. The molecule has 2 heterocycles. The van der Waals surface area contributed by atoms with Crippen LogP contribution in [0.2, 0.25) is 0 Å². The van der Waals surface area contributed by atoms with Crippen molar-refractivity contribution < 1.29 is 14.3 Å². The summed E-state index contributed by atoms with van der Waals surface area (Å²) in [7, 11) is 0. The van der Waals surface area contributed by atoms with Crippen molar-refractivity contribution in [2.24, 2.45) is 5.92 Å². The van der Waals surface area contributed by atoms with Crippen LogP contribution in [0.5, 0.6) is 0 Å². The quantitative estimate of drug-likeness (QED) is 0.918. The van der Waals surface area contributed by atoms with Crippen LogP contribution in [0, 0.1) is 5.92 Å². The standard InChI is InChI=1S/C15H20N2O3/c18-15-17(6-8-20-15)14-5-1-4-13(9-14)16-10-12-3-2-7-19-11-12/h1,4-5,9,12,16H,2-3,6-8,10-11H2. The van der Waals surface area contributed by atoms with Crippen LogP contribution in [0.4, 0.5) is 16.2 Å². The zero-order valence-corrected chi connectivity index (χ0v) is 11.5. The first kappa shape index (κ1) is 13.2. The number of cyclic esters (lactones) is 1. The molecule has 1 atom stereocenters. The molecule has 0 bridgehead atoms. The number of ether oxygens (including phenoxy) is 2. The second-order valence-electron chi connectivity index (χ2n) is 5.28. The molecule has 5 nitrogen and oxygen atoms in total. The smallest absolute Gasteiger partial charge is 0.414 e. The lowest BCUT2D eigenvalue weighted by Gasteiger charge is -2.23. The van der Waals surface area contributed by atoms with Crippen LogP contribution in [0.1, 0.15) is 12.8 Å². The van der Waals surface area contributed by atoms with Crippen LogP contribution in [0.15, 0.2) is 24.3 Å². The maximum Gasteiger partial charge on any atom is 0.414 e. The first-order valence-electron chi connectivity index (χ1n) is 7.19. The summed E-state index contributed by atoms with van der Waals surface area (Å²) in [6.07, 6.45) is 2.10. The molecule has 1 aromatic carbocycles. The third-order valence-electron chi connectivity index (χ3n) is 3.77. The van der Waals surface area contributed by atoms with Gasteiger partial charge in [0.25, 0.3) is 0 Å². The molecule has 108 valence electrons. The highest BCUT2D eigenvalue weighted by atomic mass is 16.6. The number of anilines is 2. The van der Waals surface area contributed by atoms with Gasteiger partial charge in [-0.1, -0.05) is 6.07 Å². The zero-order chi connectivity index (χ0) is 13.8. The molecule has 1 N–H and O–H groups in total. The number of nitrogens with one attached hydrogen (secondary N) is 1. The minimum absolute atomic E-state index is 0.261. The Balaban J connectivity index is 1.60. The maximum absolute atomic E-state index is 11.6. The van der Waals surface area contributed by atoms with Crippen LogP contribution < -0.4 is 10.2 Å². The minimum Gasteiger partial charge on any atom is -0.447 e. The number of amides is 1. The van der Waals surface area contributed by atoms with Crippen LogP contribution in [-0.4, -0.2) is 39.0 Å². The molecule has 0 aliphatic carbocycles. The summed E-state index contributed by atoms with van der Waals surface area (Å²) in [6.45, 7) is 3.73. The highest BCUT2D eigenvalue weighted by Crippen LogP contribution is 2.23. The number of hydrogen-bond acceptors (Lipinski definition) is 4. The maximum atomic E-state index is 11.6. The van der Waals surface area contributed by atoms with E-state index in [1.807, 2.05) is 24.3 Å². The normalized spacial score (nSPS) is 22.7. The molecule has 2 aliphatic heterocycles. The molecule has 0 spiro atoms. The average molecular weight is 276 g/mol. The predicted molar refractivity (Wildman–Crippen MR) is 77.2 cm³/mol. The Labute approximate surface area is 118 Å². The van der Waals surface area contributed by atoms with Gasteiger partial charge in [0, 0.05) is 24.5 Å². The largest absolute Gasteiger partial charge is 0.447 e. The van der Waals surface area contributed by atoms with E-state index >= 15 is 0 Å². The van der Waals surface area contributed by atoms with Crippen molar-refractivity contribution in [1.82, 2.24) is 0 Å². The zero-order valence-electron chi connectivity index (χ0n) is 11.5. The van der Waals surface area contributed by atoms with Gasteiger partial charge in [0.2, 0.25) is 0 Å². The third kappa shape index (κ3) is 3.04. The predicted octanol–water partition coefficient (Wildman–Crippen LogP) is 2.48. The van der Waals surface area contributed by atoms with E-state index in [1.54, 1.807) is 4.90 Å². The number of carbonyl (C=O) groups excluding carboxylic acids is 1. The molecule has 0 radical (unpaired) electrons. The van der Waals surface area contributed by atoms with Crippen molar-refractivity contribution in [3.05, 3.63) is 24.3 Å². The summed E-state index contributed by atoms with van der Waals surface area (Å²) in [5, 5.41) is 3.43. The molecular formula is C15H20N2O3. The van der Waals surface area contributed by atoms with Gasteiger partial charge in [-0.2, -0.15) is 0 Å². The van der Waals surface area contributed by atoms with Crippen molar-refractivity contribution in [3.8, 4) is 0 Å². The summed E-state index contributed by atoms with van der Waals surface area (Å²) >= 11 is 0. The van der Waals surface area contributed by atoms with Crippen molar-refractivity contribution in [2.75, 3.05) is 43.1 Å². The lowest BCUT2D eigenvalue weighted by Crippen LogP contribution is -2.25. The molecular weight excluding hydrogens is 256 g/mol. The fourth-order valence-corrected chi connectivity index (χ4v) is 2.64. The molecule has 20 heavy (non-hydrogen) atoms. The number of benzene rings is 1. The van der Waals surface area contributed by atoms with E-state index < -0.39 is 0 Å². The monoisotopic (exact) mass is 276 g/mol. The van der Waals surface area contributed by atoms with Gasteiger partial charge < -0.3 is 14.8 Å². The molecule has 3 rings (SSSR count). The Morgan fingerprint density at radius 2 is 2.30 bits per heavy atom. The Morgan fingerprint density at radius 1 is 1.35 bits per heavy atom. The highest BCUT2D eigenvalue weighted by Gasteiger charge is 2.23. The van der Waals surface area contributed by atoms with E-state index in [4.69, 9.17) is 9.47 Å². The van der Waals surface area contributed by atoms with Crippen molar-refractivity contribution in [3.63, 3.8) is 0 Å². The van der Waals surface area contributed by atoms with E-state index in [9.17, 15) is 4.79 Å². The van der Waals surface area contributed by atoms with Gasteiger partial charge in [-0.05, 0) is 37.0 Å². The second-order valence-corrected chi connectivity index (χ2v) is 5.28. The first-order valence-corrected chi connectivity index (χ1v) is 7.19. The third-order valence-corrected chi connectivity index (χ3v) is 3.77. The van der Waals surface area contributed by atoms with Crippen molar-refractivity contribution in [2.45, 2.75) is 12.8 Å². The van der Waals surface area contributed by atoms with Gasteiger partial charge >= 0.3 is 6.09 Å². The molecule has 0 saturated carbocycles. The van der Waals surface area contributed by atoms with Gasteiger partial charge in [0.1, 0.15) is 6.61 Å². The van der Waals surface area contributed by atoms with Gasteiger partial charge in [-0.25, -0.2) is 4.79 Å². The van der Waals surface area contributed by atoms with E-state index in [0.29, 0.717) is 19.1 Å². The Hall–Kier alpha value is -1.75. The summed E-state index contributed by atoms with van der Waals surface area (Å²) in [6, 6.07) is 7.91. The molecule has 2 saturated heterocycles. The van der Waals surface area contributed by atoms with Gasteiger partial charge in [-0.3, -0.25) is 4.90 Å². The second kappa shape index (κ2) is 6.13. The van der Waals surface area contributed by atoms with Crippen molar-refractivity contribution >= 4 is 17.5 Å². The molecule has 2 aliphatic rings. The van der Waals surface area contributed by atoms with E-state index in [0.717, 1.165) is 37.6 Å². The average Bonchev–Trinajstić information content (AvgIpc) is 2.93. The summed E-state index contributed by atoms with van der Waals surface area (Å²) in [5.74, 6) is 0.573. The topological polar surface area (TPSA) is 50.8 Å². The Bertz CT molecular complexity index is 472. The highest BCUT2D eigenvalue weighted by molar-refractivity contribution is 5.89. The fraction of sp³-hybridized carbons (Fsp3) is 0.533. The SMILES string of the molecule is O=C1OCCN1c1cccc(NCC2CCCOC2)c1. The molecule has 1 aromatic rings. The summed E-state index contributed by atoms with van der Waals surface area (Å²) in [4.78, 5) is 13.2. The first-order chi connectivity index (χ1) is 9.83.